The van der Waals surface area contributed by atoms with Gasteiger partial charge < -0.3 is 9.47 Å². The summed E-state index contributed by atoms with van der Waals surface area (Å²) in [6.07, 6.45) is 0. The van der Waals surface area contributed by atoms with Gasteiger partial charge >= 0.3 is 0 Å². The second kappa shape index (κ2) is 4.59. The number of carbonyl (C=O) groups is 1. The number of amides is 1. The molecule has 2 heterocycles. The van der Waals surface area contributed by atoms with Gasteiger partial charge in [-0.05, 0) is 12.1 Å². The summed E-state index contributed by atoms with van der Waals surface area (Å²) in [7, 11) is 3.19. The van der Waals surface area contributed by atoms with Crippen molar-refractivity contribution in [3.63, 3.8) is 0 Å². The molecular formula is C17H14N2O3. The Labute approximate surface area is 127 Å². The van der Waals surface area contributed by atoms with Gasteiger partial charge in [-0.2, -0.15) is 0 Å². The third-order valence-electron chi connectivity index (χ3n) is 4.04. The average molecular weight is 294 g/mol. The summed E-state index contributed by atoms with van der Waals surface area (Å²) in [6.45, 7) is 0.488. The largest absolute Gasteiger partial charge is 0.493 e. The molecule has 110 valence electrons. The summed E-state index contributed by atoms with van der Waals surface area (Å²) < 4.78 is 10.7. The van der Waals surface area contributed by atoms with E-state index in [1.165, 1.54) is 0 Å². The van der Waals surface area contributed by atoms with Crippen LogP contribution in [0, 0.1) is 0 Å². The number of hydrogen-bond acceptors (Lipinski definition) is 4. The van der Waals surface area contributed by atoms with E-state index < -0.39 is 0 Å². The Kier molecular flexibility index (Phi) is 2.69. The van der Waals surface area contributed by atoms with E-state index in [1.807, 2.05) is 36.4 Å². The molecule has 0 radical (unpaired) electrons. The highest BCUT2D eigenvalue weighted by Gasteiger charge is 2.36. The Morgan fingerprint density at radius 2 is 1.73 bits per heavy atom. The van der Waals surface area contributed by atoms with E-state index in [9.17, 15) is 4.79 Å². The zero-order valence-corrected chi connectivity index (χ0v) is 12.3. The predicted octanol–water partition coefficient (Wildman–Crippen LogP) is 2.75. The molecule has 0 N–H and O–H groups in total. The molecule has 0 saturated carbocycles. The molecule has 22 heavy (non-hydrogen) atoms. The lowest BCUT2D eigenvalue weighted by Gasteiger charge is -2.24. The number of nitrogens with zero attached hydrogens (tertiary/aromatic N) is 2. The zero-order chi connectivity index (χ0) is 15.3. The first-order chi connectivity index (χ1) is 10.7. The molecule has 5 nitrogen and oxygen atoms in total. The number of aliphatic imine (C=N–C) groups is 1. The lowest BCUT2D eigenvalue weighted by molar-refractivity contribution is 0.0851. The number of benzene rings is 2. The molecule has 2 aromatic rings. The number of rotatable bonds is 2. The van der Waals surface area contributed by atoms with Crippen LogP contribution in [0.25, 0.3) is 0 Å². The third kappa shape index (κ3) is 1.65. The van der Waals surface area contributed by atoms with Gasteiger partial charge in [-0.15, -0.1) is 0 Å². The first-order valence-corrected chi connectivity index (χ1v) is 6.98. The average Bonchev–Trinajstić information content (AvgIpc) is 2.84. The fraction of sp³-hybridized carbons (Fsp3) is 0.176. The maximum Gasteiger partial charge on any atom is 0.260 e. The maximum absolute atomic E-state index is 12.5. The van der Waals surface area contributed by atoms with Gasteiger partial charge in [-0.3, -0.25) is 9.69 Å². The van der Waals surface area contributed by atoms with E-state index in [0.29, 0.717) is 29.4 Å². The molecule has 0 aliphatic carbocycles. The minimum atomic E-state index is -0.00483. The molecule has 0 bridgehead atoms. The molecule has 4 rings (SSSR count). The van der Waals surface area contributed by atoms with Crippen molar-refractivity contribution in [2.24, 2.45) is 4.99 Å². The Balaban J connectivity index is 1.89. The Bertz CT molecular complexity index is 827. The minimum Gasteiger partial charge on any atom is -0.493 e. The highest BCUT2D eigenvalue weighted by atomic mass is 16.5. The van der Waals surface area contributed by atoms with Crippen LogP contribution in [-0.2, 0) is 6.54 Å². The Morgan fingerprint density at radius 3 is 2.45 bits per heavy atom. The van der Waals surface area contributed by atoms with Crippen molar-refractivity contribution in [1.29, 1.82) is 0 Å². The van der Waals surface area contributed by atoms with Gasteiger partial charge in [-0.25, -0.2) is 4.99 Å². The fourth-order valence-corrected chi connectivity index (χ4v) is 2.94. The highest BCUT2D eigenvalue weighted by Crippen LogP contribution is 2.40. The van der Waals surface area contributed by atoms with Crippen LogP contribution < -0.4 is 9.47 Å². The van der Waals surface area contributed by atoms with Crippen LogP contribution in [-0.4, -0.2) is 30.9 Å². The molecule has 5 heteroatoms. The molecule has 2 aliphatic rings. The lowest BCUT2D eigenvalue weighted by Crippen LogP contribution is -2.31. The minimum absolute atomic E-state index is 0.00483. The van der Waals surface area contributed by atoms with Gasteiger partial charge in [-0.1, -0.05) is 18.2 Å². The summed E-state index contributed by atoms with van der Waals surface area (Å²) in [5.74, 6) is 1.98. The second-order valence-corrected chi connectivity index (χ2v) is 5.21. The number of ether oxygens (including phenoxy) is 2. The van der Waals surface area contributed by atoms with Crippen LogP contribution in [0.1, 0.15) is 21.5 Å². The molecule has 0 fully saturated rings. The first-order valence-electron chi connectivity index (χ1n) is 6.98. The van der Waals surface area contributed by atoms with E-state index in [-0.39, 0.29) is 5.91 Å². The van der Waals surface area contributed by atoms with E-state index in [2.05, 4.69) is 4.99 Å². The number of hydrogen-bond donors (Lipinski definition) is 0. The molecule has 1 amide bonds. The van der Waals surface area contributed by atoms with Gasteiger partial charge in [0.05, 0.1) is 32.0 Å². The van der Waals surface area contributed by atoms with Crippen LogP contribution in [0.15, 0.2) is 41.4 Å². The van der Waals surface area contributed by atoms with E-state index >= 15 is 0 Å². The molecule has 0 atom stereocenters. The standard InChI is InChI=1S/C17H14N2O3/c1-21-14-7-10-9-19-16(18-13(10)8-15(14)22-2)11-5-3-4-6-12(11)17(19)20/h3-8H,9H2,1-2H3. The van der Waals surface area contributed by atoms with Gasteiger partial charge in [0.1, 0.15) is 5.84 Å². The number of methoxy groups -OCH3 is 2. The van der Waals surface area contributed by atoms with Gasteiger partial charge in [0.25, 0.3) is 5.91 Å². The van der Waals surface area contributed by atoms with Crippen molar-refractivity contribution >= 4 is 17.4 Å². The molecule has 0 unspecified atom stereocenters. The normalized spacial score (nSPS) is 14.9. The predicted molar refractivity (Wildman–Crippen MR) is 82.1 cm³/mol. The molecule has 0 spiro atoms. The quantitative estimate of drug-likeness (QED) is 0.855. The molecular weight excluding hydrogens is 280 g/mol. The van der Waals surface area contributed by atoms with E-state index in [0.717, 1.165) is 16.8 Å². The van der Waals surface area contributed by atoms with Gasteiger partial charge in [0, 0.05) is 17.2 Å². The number of carbonyl (C=O) groups excluding carboxylic acids is 1. The monoisotopic (exact) mass is 294 g/mol. The third-order valence-corrected chi connectivity index (χ3v) is 4.04. The second-order valence-electron chi connectivity index (χ2n) is 5.21. The van der Waals surface area contributed by atoms with Crippen LogP contribution in [0.3, 0.4) is 0 Å². The SMILES string of the molecule is COc1cc2c(cc1OC)N=C1c3ccccc3C(=O)N1C2. The molecule has 0 saturated heterocycles. The summed E-state index contributed by atoms with van der Waals surface area (Å²) in [4.78, 5) is 18.9. The summed E-state index contributed by atoms with van der Waals surface area (Å²) in [5, 5.41) is 0. The van der Waals surface area contributed by atoms with Gasteiger partial charge in [0.2, 0.25) is 0 Å². The van der Waals surface area contributed by atoms with Crippen molar-refractivity contribution in [2.45, 2.75) is 6.54 Å². The molecule has 2 aliphatic heterocycles. The Hall–Kier alpha value is -2.82. The molecule has 2 aromatic carbocycles. The topological polar surface area (TPSA) is 51.1 Å². The van der Waals surface area contributed by atoms with Crippen molar-refractivity contribution in [3.05, 3.63) is 53.1 Å². The van der Waals surface area contributed by atoms with Crippen LogP contribution in [0.2, 0.25) is 0 Å². The maximum atomic E-state index is 12.5. The number of amidine groups is 1. The zero-order valence-electron chi connectivity index (χ0n) is 12.3. The Morgan fingerprint density at radius 1 is 1.05 bits per heavy atom. The van der Waals surface area contributed by atoms with E-state index in [1.54, 1.807) is 19.1 Å². The fourth-order valence-electron chi connectivity index (χ4n) is 2.94. The van der Waals surface area contributed by atoms with Crippen molar-refractivity contribution in [2.75, 3.05) is 14.2 Å². The van der Waals surface area contributed by atoms with Crippen molar-refractivity contribution in [1.82, 2.24) is 4.90 Å². The summed E-state index contributed by atoms with van der Waals surface area (Å²) in [6, 6.07) is 11.3. The van der Waals surface area contributed by atoms with Crippen LogP contribution >= 0.6 is 0 Å². The first kappa shape index (κ1) is 12.9. The number of fused-ring (bicyclic) bond motifs is 4. The van der Waals surface area contributed by atoms with Crippen molar-refractivity contribution < 1.29 is 14.3 Å². The van der Waals surface area contributed by atoms with Crippen LogP contribution in [0.5, 0.6) is 11.5 Å². The van der Waals surface area contributed by atoms with Crippen molar-refractivity contribution in [3.8, 4) is 11.5 Å². The van der Waals surface area contributed by atoms with Gasteiger partial charge in [0.15, 0.2) is 11.5 Å². The smallest absolute Gasteiger partial charge is 0.260 e. The highest BCUT2D eigenvalue weighted by molar-refractivity contribution is 6.24. The summed E-state index contributed by atoms with van der Waals surface area (Å²) in [5.41, 5.74) is 3.34. The molecule has 0 aromatic heterocycles. The van der Waals surface area contributed by atoms with E-state index in [4.69, 9.17) is 9.47 Å². The summed E-state index contributed by atoms with van der Waals surface area (Å²) >= 11 is 0. The van der Waals surface area contributed by atoms with Crippen LogP contribution in [0.4, 0.5) is 5.69 Å². The lowest BCUT2D eigenvalue weighted by atomic mass is 10.1.